The van der Waals surface area contributed by atoms with Gasteiger partial charge in [0.05, 0.1) is 5.56 Å². The number of anilines is 1. The number of rotatable bonds is 4. The third-order valence-electron chi connectivity index (χ3n) is 3.44. The minimum absolute atomic E-state index is 0.448. The molecule has 0 fully saturated rings. The Morgan fingerprint density at radius 2 is 2.14 bits per heavy atom. The average molecular weight is 340 g/mol. The highest BCUT2D eigenvalue weighted by Crippen LogP contribution is 2.40. The monoisotopic (exact) mass is 339 g/mol. The fraction of sp³-hybridized carbons (Fsp3) is 0.267. The van der Waals surface area contributed by atoms with Crippen molar-refractivity contribution in [2.45, 2.75) is 30.6 Å². The van der Waals surface area contributed by atoms with Crippen LogP contribution in [0.25, 0.3) is 0 Å². The summed E-state index contributed by atoms with van der Waals surface area (Å²) in [7, 11) is 0. The number of fused-ring (bicyclic) bond motifs is 1. The largest absolute Gasteiger partial charge is 0.478 e. The first-order valence-electron chi connectivity index (χ1n) is 6.71. The number of aromatic carboxylic acids is 1. The number of halogens is 1. The second kappa shape index (κ2) is 6.30. The van der Waals surface area contributed by atoms with Gasteiger partial charge >= 0.3 is 5.97 Å². The molecule has 21 heavy (non-hydrogen) atoms. The second-order valence-electron chi connectivity index (χ2n) is 4.88. The van der Waals surface area contributed by atoms with Crippen molar-refractivity contribution in [2.75, 3.05) is 4.72 Å². The van der Waals surface area contributed by atoms with Gasteiger partial charge < -0.3 is 9.83 Å². The van der Waals surface area contributed by atoms with Gasteiger partial charge in [-0.3, -0.25) is 0 Å². The Morgan fingerprint density at radius 1 is 1.33 bits per heavy atom. The highest BCUT2D eigenvalue weighted by molar-refractivity contribution is 8.00. The summed E-state index contributed by atoms with van der Waals surface area (Å²) >= 11 is 8.92. The van der Waals surface area contributed by atoms with Crippen molar-refractivity contribution in [1.82, 2.24) is 0 Å². The molecule has 0 amide bonds. The fourth-order valence-electron chi connectivity index (χ4n) is 2.50. The van der Waals surface area contributed by atoms with Crippen molar-refractivity contribution in [3.05, 3.63) is 45.3 Å². The van der Waals surface area contributed by atoms with Crippen LogP contribution in [-0.2, 0) is 12.8 Å². The normalized spacial score (nSPS) is 13.8. The molecule has 0 atom stereocenters. The summed E-state index contributed by atoms with van der Waals surface area (Å²) in [5.74, 6) is -0.844. The van der Waals surface area contributed by atoms with Crippen molar-refractivity contribution >= 4 is 45.9 Å². The number of carboxylic acid groups (broad SMARTS) is 1. The van der Waals surface area contributed by atoms with E-state index in [9.17, 15) is 9.90 Å². The first-order chi connectivity index (χ1) is 10.1. The second-order valence-corrected chi connectivity index (χ2v) is 7.30. The molecule has 0 aliphatic heterocycles. The van der Waals surface area contributed by atoms with E-state index in [0.717, 1.165) is 41.1 Å². The van der Waals surface area contributed by atoms with Gasteiger partial charge in [0, 0.05) is 14.8 Å². The molecule has 0 bridgehead atoms. The van der Waals surface area contributed by atoms with E-state index in [1.807, 2.05) is 24.3 Å². The van der Waals surface area contributed by atoms with Gasteiger partial charge in [-0.05, 0) is 61.4 Å². The third-order valence-corrected chi connectivity index (χ3v) is 5.81. The molecule has 0 radical (unpaired) electrons. The maximum Gasteiger partial charge on any atom is 0.339 e. The van der Waals surface area contributed by atoms with Crippen molar-refractivity contribution in [1.29, 1.82) is 0 Å². The van der Waals surface area contributed by atoms with Crippen LogP contribution >= 0.6 is 34.9 Å². The lowest BCUT2D eigenvalue weighted by atomic mass is 9.96. The molecule has 0 spiro atoms. The van der Waals surface area contributed by atoms with E-state index in [1.165, 1.54) is 16.8 Å². The average Bonchev–Trinajstić information content (AvgIpc) is 2.83. The lowest BCUT2D eigenvalue weighted by Gasteiger charge is -2.10. The number of aryl methyl sites for hydroxylation is 1. The maximum absolute atomic E-state index is 11.6. The Balaban J connectivity index is 1.85. The minimum atomic E-state index is -0.844. The van der Waals surface area contributed by atoms with Gasteiger partial charge in [0.2, 0.25) is 0 Å². The van der Waals surface area contributed by atoms with E-state index in [1.54, 1.807) is 11.3 Å². The molecular formula is C15H14ClNO2S2. The Hall–Kier alpha value is -1.17. The molecule has 110 valence electrons. The Morgan fingerprint density at radius 3 is 2.90 bits per heavy atom. The smallest absolute Gasteiger partial charge is 0.339 e. The van der Waals surface area contributed by atoms with E-state index in [0.29, 0.717) is 10.6 Å². The minimum Gasteiger partial charge on any atom is -0.478 e. The fourth-order valence-corrected chi connectivity index (χ4v) is 4.82. The molecule has 2 N–H and O–H groups in total. The molecule has 6 heteroatoms. The first kappa shape index (κ1) is 14.8. The number of carboxylic acids is 1. The summed E-state index contributed by atoms with van der Waals surface area (Å²) in [6, 6.07) is 7.49. The molecule has 1 aromatic heterocycles. The predicted molar refractivity (Wildman–Crippen MR) is 88.9 cm³/mol. The number of hydrogen-bond acceptors (Lipinski definition) is 4. The number of thiophene rings is 1. The van der Waals surface area contributed by atoms with Crippen LogP contribution in [0.2, 0.25) is 5.02 Å². The number of benzene rings is 1. The van der Waals surface area contributed by atoms with Crippen LogP contribution in [0.3, 0.4) is 0 Å². The Kier molecular flexibility index (Phi) is 4.42. The van der Waals surface area contributed by atoms with Crippen molar-refractivity contribution in [2.24, 2.45) is 0 Å². The van der Waals surface area contributed by atoms with E-state index in [-0.39, 0.29) is 0 Å². The van der Waals surface area contributed by atoms with E-state index in [4.69, 9.17) is 11.6 Å². The van der Waals surface area contributed by atoms with Crippen LogP contribution in [0.5, 0.6) is 0 Å². The van der Waals surface area contributed by atoms with Gasteiger partial charge in [-0.15, -0.1) is 11.3 Å². The van der Waals surface area contributed by atoms with Crippen LogP contribution in [0.4, 0.5) is 5.00 Å². The standard InChI is InChI=1S/C15H14ClNO2S2/c16-9-4-3-5-10(8-9)21-17-14-13(15(18)19)11-6-1-2-7-12(11)20-14/h3-5,8,17H,1-2,6-7H2,(H,18,19). The van der Waals surface area contributed by atoms with Crippen LogP contribution in [0, 0.1) is 0 Å². The van der Waals surface area contributed by atoms with Crippen LogP contribution < -0.4 is 4.72 Å². The molecular weight excluding hydrogens is 326 g/mol. The Bertz CT molecular complexity index is 684. The zero-order valence-corrected chi connectivity index (χ0v) is 13.6. The molecule has 1 aromatic carbocycles. The number of nitrogens with one attached hydrogen (secondary N) is 1. The van der Waals surface area contributed by atoms with Crippen LogP contribution in [-0.4, -0.2) is 11.1 Å². The van der Waals surface area contributed by atoms with Crippen molar-refractivity contribution in [3.8, 4) is 0 Å². The van der Waals surface area contributed by atoms with E-state index in [2.05, 4.69) is 4.72 Å². The molecule has 1 heterocycles. The molecule has 0 saturated carbocycles. The topological polar surface area (TPSA) is 49.3 Å². The summed E-state index contributed by atoms with van der Waals surface area (Å²) in [6.07, 6.45) is 4.08. The molecule has 3 nitrogen and oxygen atoms in total. The van der Waals surface area contributed by atoms with Gasteiger partial charge in [-0.25, -0.2) is 4.79 Å². The zero-order valence-electron chi connectivity index (χ0n) is 11.2. The lowest BCUT2D eigenvalue weighted by molar-refractivity contribution is 0.0697. The molecule has 1 aliphatic carbocycles. The zero-order chi connectivity index (χ0) is 14.8. The maximum atomic E-state index is 11.6. The highest BCUT2D eigenvalue weighted by Gasteiger charge is 2.25. The molecule has 3 rings (SSSR count). The third kappa shape index (κ3) is 3.20. The summed E-state index contributed by atoms with van der Waals surface area (Å²) < 4.78 is 3.19. The van der Waals surface area contributed by atoms with Gasteiger partial charge in [0.25, 0.3) is 0 Å². The van der Waals surface area contributed by atoms with Crippen molar-refractivity contribution in [3.63, 3.8) is 0 Å². The highest BCUT2D eigenvalue weighted by atomic mass is 35.5. The van der Waals surface area contributed by atoms with E-state index < -0.39 is 5.97 Å². The lowest BCUT2D eigenvalue weighted by Crippen LogP contribution is -2.06. The molecule has 1 aliphatic rings. The summed E-state index contributed by atoms with van der Waals surface area (Å²) in [4.78, 5) is 13.7. The first-order valence-corrected chi connectivity index (χ1v) is 8.72. The number of hydrogen-bond donors (Lipinski definition) is 2. The Labute approximate surface area is 136 Å². The van der Waals surface area contributed by atoms with Gasteiger partial charge in [-0.2, -0.15) is 0 Å². The van der Waals surface area contributed by atoms with Gasteiger partial charge in [-0.1, -0.05) is 17.7 Å². The van der Waals surface area contributed by atoms with Gasteiger partial charge in [0.15, 0.2) is 0 Å². The van der Waals surface area contributed by atoms with Crippen molar-refractivity contribution < 1.29 is 9.90 Å². The van der Waals surface area contributed by atoms with Crippen LogP contribution in [0.1, 0.15) is 33.6 Å². The summed E-state index contributed by atoms with van der Waals surface area (Å²) in [5.41, 5.74) is 1.47. The molecule has 0 unspecified atom stereocenters. The SMILES string of the molecule is O=C(O)c1c(NSc2cccc(Cl)c2)sc2c1CCCC2. The molecule has 2 aromatic rings. The van der Waals surface area contributed by atoms with E-state index >= 15 is 0 Å². The predicted octanol–water partition coefficient (Wildman–Crippen LogP) is 5.10. The number of carbonyl (C=O) groups is 1. The summed E-state index contributed by atoms with van der Waals surface area (Å²) in [5, 5.41) is 10.9. The summed E-state index contributed by atoms with van der Waals surface area (Å²) in [6.45, 7) is 0. The quantitative estimate of drug-likeness (QED) is 0.761. The van der Waals surface area contributed by atoms with Crippen LogP contribution in [0.15, 0.2) is 29.2 Å². The molecule has 0 saturated heterocycles. The van der Waals surface area contributed by atoms with Gasteiger partial charge in [0.1, 0.15) is 5.00 Å².